The predicted octanol–water partition coefficient (Wildman–Crippen LogP) is 2.28. The summed E-state index contributed by atoms with van der Waals surface area (Å²) in [5.41, 5.74) is 0.923. The number of thiophene rings is 1. The Hall–Kier alpha value is -0.980. The summed E-state index contributed by atoms with van der Waals surface area (Å²) in [4.78, 5) is 2.33. The number of nitrogens with zero attached hydrogens (tertiary/aromatic N) is 1. The van der Waals surface area contributed by atoms with Crippen molar-refractivity contribution in [3.63, 3.8) is 0 Å². The van der Waals surface area contributed by atoms with E-state index in [1.165, 1.54) is 10.1 Å². The van der Waals surface area contributed by atoms with E-state index >= 15 is 0 Å². The molecule has 5 heteroatoms. The zero-order valence-electron chi connectivity index (χ0n) is 12.0. The van der Waals surface area contributed by atoms with Gasteiger partial charge < -0.3 is 14.6 Å². The Labute approximate surface area is 128 Å². The van der Waals surface area contributed by atoms with Crippen LogP contribution in [-0.4, -0.2) is 56.1 Å². The van der Waals surface area contributed by atoms with Crippen molar-refractivity contribution in [3.8, 4) is 0 Å². The van der Waals surface area contributed by atoms with Crippen molar-refractivity contribution in [1.82, 2.24) is 4.90 Å². The maximum atomic E-state index is 10.2. The standard InChI is InChI=1S/C16H21NO3S/c18-15(12-20-9-6-17-4-7-19-8-5-17)13-1-2-16-14(11-13)3-10-21-16/h1-3,10-11,15,18H,4-9,12H2. The van der Waals surface area contributed by atoms with Gasteiger partial charge in [0.25, 0.3) is 0 Å². The quantitative estimate of drug-likeness (QED) is 0.832. The van der Waals surface area contributed by atoms with Crippen LogP contribution in [0.1, 0.15) is 11.7 Å². The van der Waals surface area contributed by atoms with E-state index in [2.05, 4.69) is 22.4 Å². The molecule has 0 bridgehead atoms. The fourth-order valence-corrected chi connectivity index (χ4v) is 3.27. The number of hydrogen-bond acceptors (Lipinski definition) is 5. The molecule has 1 aliphatic rings. The van der Waals surface area contributed by atoms with E-state index in [1.54, 1.807) is 11.3 Å². The molecular formula is C16H21NO3S. The third kappa shape index (κ3) is 4.02. The lowest BCUT2D eigenvalue weighted by Crippen LogP contribution is -2.38. The van der Waals surface area contributed by atoms with Crippen LogP contribution in [-0.2, 0) is 9.47 Å². The summed E-state index contributed by atoms with van der Waals surface area (Å²) in [6, 6.07) is 8.17. The van der Waals surface area contributed by atoms with Crippen molar-refractivity contribution in [2.45, 2.75) is 6.10 Å². The topological polar surface area (TPSA) is 41.9 Å². The van der Waals surface area contributed by atoms with Crippen LogP contribution < -0.4 is 0 Å². The largest absolute Gasteiger partial charge is 0.386 e. The number of aliphatic hydroxyl groups excluding tert-OH is 1. The molecule has 1 fully saturated rings. The SMILES string of the molecule is OC(COCCN1CCOCC1)c1ccc2sccc2c1. The van der Waals surface area contributed by atoms with Crippen LogP contribution in [0.15, 0.2) is 29.6 Å². The van der Waals surface area contributed by atoms with Gasteiger partial charge in [0.05, 0.1) is 26.4 Å². The Morgan fingerprint density at radius 2 is 2.14 bits per heavy atom. The lowest BCUT2D eigenvalue weighted by Gasteiger charge is -2.26. The molecule has 1 aliphatic heterocycles. The summed E-state index contributed by atoms with van der Waals surface area (Å²) in [5, 5.41) is 13.5. The highest BCUT2D eigenvalue weighted by molar-refractivity contribution is 7.17. The molecule has 4 nitrogen and oxygen atoms in total. The molecular weight excluding hydrogens is 286 g/mol. The van der Waals surface area contributed by atoms with Gasteiger partial charge in [-0.15, -0.1) is 11.3 Å². The van der Waals surface area contributed by atoms with Gasteiger partial charge in [-0.2, -0.15) is 0 Å². The first-order valence-electron chi connectivity index (χ1n) is 7.36. The van der Waals surface area contributed by atoms with Crippen LogP contribution >= 0.6 is 11.3 Å². The third-order valence-electron chi connectivity index (χ3n) is 3.79. The maximum absolute atomic E-state index is 10.2. The molecule has 1 saturated heterocycles. The second-order valence-corrected chi connectivity index (χ2v) is 6.21. The summed E-state index contributed by atoms with van der Waals surface area (Å²) in [6.07, 6.45) is -0.556. The van der Waals surface area contributed by atoms with Crippen molar-refractivity contribution in [2.24, 2.45) is 0 Å². The van der Waals surface area contributed by atoms with Gasteiger partial charge in [-0.3, -0.25) is 4.90 Å². The molecule has 0 saturated carbocycles. The molecule has 1 atom stereocenters. The Morgan fingerprint density at radius 1 is 1.29 bits per heavy atom. The maximum Gasteiger partial charge on any atom is 0.102 e. The molecule has 21 heavy (non-hydrogen) atoms. The van der Waals surface area contributed by atoms with Crippen LogP contribution in [0.4, 0.5) is 0 Å². The Balaban J connectivity index is 1.43. The van der Waals surface area contributed by atoms with E-state index in [1.807, 2.05) is 12.1 Å². The van der Waals surface area contributed by atoms with Crippen molar-refractivity contribution >= 4 is 21.4 Å². The molecule has 0 radical (unpaired) electrons. The minimum absolute atomic E-state index is 0.347. The van der Waals surface area contributed by atoms with Gasteiger partial charge in [0.1, 0.15) is 6.10 Å². The monoisotopic (exact) mass is 307 g/mol. The zero-order valence-corrected chi connectivity index (χ0v) is 12.8. The second kappa shape index (κ2) is 7.33. The summed E-state index contributed by atoms with van der Waals surface area (Å²) < 4.78 is 12.2. The molecule has 1 N–H and O–H groups in total. The highest BCUT2D eigenvalue weighted by Crippen LogP contribution is 2.24. The van der Waals surface area contributed by atoms with Gasteiger partial charge in [0.15, 0.2) is 0 Å². The number of benzene rings is 1. The number of rotatable bonds is 6. The van der Waals surface area contributed by atoms with Crippen LogP contribution in [0, 0.1) is 0 Å². The molecule has 1 aromatic carbocycles. The Bertz CT molecular complexity index is 565. The van der Waals surface area contributed by atoms with E-state index in [9.17, 15) is 5.11 Å². The molecule has 0 spiro atoms. The first-order valence-corrected chi connectivity index (χ1v) is 8.24. The number of ether oxygens (including phenoxy) is 2. The summed E-state index contributed by atoms with van der Waals surface area (Å²) in [6.45, 7) is 5.46. The fourth-order valence-electron chi connectivity index (χ4n) is 2.50. The van der Waals surface area contributed by atoms with E-state index in [0.717, 1.165) is 38.4 Å². The van der Waals surface area contributed by atoms with E-state index in [0.29, 0.717) is 13.2 Å². The Morgan fingerprint density at radius 3 is 3.00 bits per heavy atom. The van der Waals surface area contributed by atoms with Crippen LogP contribution in [0.5, 0.6) is 0 Å². The summed E-state index contributed by atoms with van der Waals surface area (Å²) in [5.74, 6) is 0. The number of aliphatic hydroxyl groups is 1. The zero-order chi connectivity index (χ0) is 14.5. The average Bonchev–Trinajstić information content (AvgIpc) is 3.00. The van der Waals surface area contributed by atoms with E-state index in [-0.39, 0.29) is 0 Å². The van der Waals surface area contributed by atoms with Crippen molar-refractivity contribution < 1.29 is 14.6 Å². The lowest BCUT2D eigenvalue weighted by atomic mass is 10.1. The summed E-state index contributed by atoms with van der Waals surface area (Å²) >= 11 is 1.72. The van der Waals surface area contributed by atoms with Gasteiger partial charge in [0.2, 0.25) is 0 Å². The van der Waals surface area contributed by atoms with Gasteiger partial charge in [-0.05, 0) is 34.5 Å². The molecule has 3 rings (SSSR count). The highest BCUT2D eigenvalue weighted by Gasteiger charge is 2.11. The van der Waals surface area contributed by atoms with Gasteiger partial charge in [-0.25, -0.2) is 0 Å². The molecule has 2 heterocycles. The van der Waals surface area contributed by atoms with Crippen molar-refractivity contribution in [1.29, 1.82) is 0 Å². The van der Waals surface area contributed by atoms with Crippen LogP contribution in [0.25, 0.3) is 10.1 Å². The van der Waals surface area contributed by atoms with Crippen LogP contribution in [0.2, 0.25) is 0 Å². The van der Waals surface area contributed by atoms with E-state index in [4.69, 9.17) is 9.47 Å². The summed E-state index contributed by atoms with van der Waals surface area (Å²) in [7, 11) is 0. The average molecular weight is 307 g/mol. The van der Waals surface area contributed by atoms with Crippen molar-refractivity contribution in [2.75, 3.05) is 46.1 Å². The second-order valence-electron chi connectivity index (χ2n) is 5.26. The Kier molecular flexibility index (Phi) is 5.22. The van der Waals surface area contributed by atoms with Gasteiger partial charge in [0, 0.05) is 24.3 Å². The number of hydrogen-bond donors (Lipinski definition) is 1. The first kappa shape index (κ1) is 14.9. The van der Waals surface area contributed by atoms with Gasteiger partial charge >= 0.3 is 0 Å². The van der Waals surface area contributed by atoms with Crippen LogP contribution in [0.3, 0.4) is 0 Å². The molecule has 2 aromatic rings. The highest BCUT2D eigenvalue weighted by atomic mass is 32.1. The molecule has 1 aromatic heterocycles. The minimum Gasteiger partial charge on any atom is -0.386 e. The van der Waals surface area contributed by atoms with E-state index < -0.39 is 6.10 Å². The smallest absolute Gasteiger partial charge is 0.102 e. The molecule has 0 amide bonds. The molecule has 1 unspecified atom stereocenters. The number of morpholine rings is 1. The van der Waals surface area contributed by atoms with Gasteiger partial charge in [-0.1, -0.05) is 6.07 Å². The predicted molar refractivity (Wildman–Crippen MR) is 84.9 cm³/mol. The number of fused-ring (bicyclic) bond motifs is 1. The molecule has 114 valence electrons. The third-order valence-corrected chi connectivity index (χ3v) is 4.69. The lowest BCUT2D eigenvalue weighted by molar-refractivity contribution is 0.000870. The molecule has 0 aliphatic carbocycles. The first-order chi connectivity index (χ1) is 10.3. The fraction of sp³-hybridized carbons (Fsp3) is 0.500. The normalized spacial score (nSPS) is 18.1. The van der Waals surface area contributed by atoms with Crippen molar-refractivity contribution in [3.05, 3.63) is 35.2 Å². The minimum atomic E-state index is -0.556.